The van der Waals surface area contributed by atoms with Crippen molar-refractivity contribution in [3.8, 4) is 0 Å². The number of benzene rings is 2. The third-order valence-electron chi connectivity index (χ3n) is 6.29. The van der Waals surface area contributed by atoms with Gasteiger partial charge in [0.15, 0.2) is 0 Å². The number of hydrogen-bond donors (Lipinski definition) is 1. The largest absolute Gasteiger partial charge is 0.379 e. The minimum Gasteiger partial charge on any atom is -0.379 e. The van der Waals surface area contributed by atoms with Crippen molar-refractivity contribution in [2.75, 3.05) is 39.4 Å². The molecular weight excluding hydrogens is 454 g/mol. The molecule has 176 valence electrons. The SMILES string of the molecule is O=C(c1cc(=O)[nH]c2ccc(S(=O)(=O)N3CCOCC3)cc12)N1CC=C(c2ccccc2)CC1. The van der Waals surface area contributed by atoms with Crippen molar-refractivity contribution in [1.29, 1.82) is 0 Å². The maximum absolute atomic E-state index is 13.4. The zero-order chi connectivity index (χ0) is 23.7. The van der Waals surface area contributed by atoms with Crippen molar-refractivity contribution in [2.24, 2.45) is 0 Å². The van der Waals surface area contributed by atoms with Crippen molar-refractivity contribution < 1.29 is 17.9 Å². The molecule has 0 atom stereocenters. The van der Waals surface area contributed by atoms with Gasteiger partial charge < -0.3 is 14.6 Å². The quantitative estimate of drug-likeness (QED) is 0.620. The fourth-order valence-electron chi connectivity index (χ4n) is 4.44. The summed E-state index contributed by atoms with van der Waals surface area (Å²) in [5, 5.41) is 0.414. The predicted octanol–water partition coefficient (Wildman–Crippen LogP) is 2.48. The third kappa shape index (κ3) is 4.29. The summed E-state index contributed by atoms with van der Waals surface area (Å²) in [6.45, 7) is 2.18. The number of ether oxygens (including phenoxy) is 1. The number of amides is 1. The Morgan fingerprint density at radius 1 is 0.971 bits per heavy atom. The molecule has 9 heteroatoms. The molecule has 3 aromatic rings. The molecule has 2 aliphatic heterocycles. The first-order valence-corrected chi connectivity index (χ1v) is 12.7. The van der Waals surface area contributed by atoms with Crippen LogP contribution < -0.4 is 5.56 Å². The molecule has 1 fully saturated rings. The van der Waals surface area contributed by atoms with E-state index in [-0.39, 0.29) is 29.5 Å². The molecule has 5 rings (SSSR count). The highest BCUT2D eigenvalue weighted by molar-refractivity contribution is 7.89. The molecule has 8 nitrogen and oxygen atoms in total. The average molecular weight is 480 g/mol. The van der Waals surface area contributed by atoms with E-state index >= 15 is 0 Å². The third-order valence-corrected chi connectivity index (χ3v) is 8.19. The number of hydrogen-bond acceptors (Lipinski definition) is 5. The first-order valence-electron chi connectivity index (χ1n) is 11.2. The van der Waals surface area contributed by atoms with E-state index in [9.17, 15) is 18.0 Å². The van der Waals surface area contributed by atoms with Crippen LogP contribution in [-0.2, 0) is 14.8 Å². The second kappa shape index (κ2) is 9.17. The van der Waals surface area contributed by atoms with Crippen LogP contribution in [0, 0.1) is 0 Å². The van der Waals surface area contributed by atoms with Gasteiger partial charge in [-0.3, -0.25) is 9.59 Å². The van der Waals surface area contributed by atoms with E-state index in [2.05, 4.69) is 4.98 Å². The van der Waals surface area contributed by atoms with Gasteiger partial charge in [0, 0.05) is 43.1 Å². The van der Waals surface area contributed by atoms with Crippen LogP contribution in [0.1, 0.15) is 22.3 Å². The van der Waals surface area contributed by atoms with Gasteiger partial charge in [0.25, 0.3) is 5.91 Å². The van der Waals surface area contributed by atoms with Gasteiger partial charge in [0.2, 0.25) is 15.6 Å². The maximum Gasteiger partial charge on any atom is 0.255 e. The molecule has 0 saturated carbocycles. The van der Waals surface area contributed by atoms with E-state index in [1.165, 1.54) is 28.1 Å². The highest BCUT2D eigenvalue weighted by Crippen LogP contribution is 2.26. The van der Waals surface area contributed by atoms with Crippen molar-refractivity contribution in [3.63, 3.8) is 0 Å². The van der Waals surface area contributed by atoms with Crippen LogP contribution >= 0.6 is 0 Å². The Labute approximate surface area is 197 Å². The van der Waals surface area contributed by atoms with Crippen LogP contribution in [0.5, 0.6) is 0 Å². The molecule has 1 amide bonds. The number of aromatic amines is 1. The summed E-state index contributed by atoms with van der Waals surface area (Å²) in [6.07, 6.45) is 2.73. The van der Waals surface area contributed by atoms with Crippen molar-refractivity contribution in [3.05, 3.63) is 82.2 Å². The van der Waals surface area contributed by atoms with E-state index in [4.69, 9.17) is 4.74 Å². The van der Waals surface area contributed by atoms with Gasteiger partial charge in [0.1, 0.15) is 0 Å². The highest BCUT2D eigenvalue weighted by atomic mass is 32.2. The molecule has 2 aromatic carbocycles. The number of sulfonamides is 1. The molecule has 34 heavy (non-hydrogen) atoms. The summed E-state index contributed by atoms with van der Waals surface area (Å²) >= 11 is 0. The molecule has 0 radical (unpaired) electrons. The maximum atomic E-state index is 13.4. The summed E-state index contributed by atoms with van der Waals surface area (Å²) in [5.74, 6) is -0.291. The zero-order valence-electron chi connectivity index (χ0n) is 18.6. The molecule has 0 unspecified atom stereocenters. The van der Waals surface area contributed by atoms with Crippen LogP contribution in [0.4, 0.5) is 0 Å². The Hall–Kier alpha value is -3.27. The predicted molar refractivity (Wildman–Crippen MR) is 129 cm³/mol. The number of rotatable bonds is 4. The van der Waals surface area contributed by atoms with Gasteiger partial charge in [-0.25, -0.2) is 8.42 Å². The normalized spacial score (nSPS) is 17.5. The zero-order valence-corrected chi connectivity index (χ0v) is 19.4. The minimum atomic E-state index is -3.74. The fraction of sp³-hybridized carbons (Fsp3) is 0.280. The van der Waals surface area contributed by atoms with Gasteiger partial charge in [-0.2, -0.15) is 4.31 Å². The molecular formula is C25H25N3O5S. The van der Waals surface area contributed by atoms with Gasteiger partial charge in [-0.05, 0) is 35.8 Å². The molecule has 2 aliphatic rings. The summed E-state index contributed by atoms with van der Waals surface area (Å²) in [5.41, 5.74) is 2.54. The van der Waals surface area contributed by atoms with Crippen LogP contribution in [0.25, 0.3) is 16.5 Å². The van der Waals surface area contributed by atoms with Crippen LogP contribution in [-0.4, -0.2) is 67.9 Å². The highest BCUT2D eigenvalue weighted by Gasteiger charge is 2.28. The van der Waals surface area contributed by atoms with Crippen LogP contribution in [0.2, 0.25) is 0 Å². The smallest absolute Gasteiger partial charge is 0.255 e. The number of nitrogens with one attached hydrogen (secondary N) is 1. The Balaban J connectivity index is 1.48. The van der Waals surface area contributed by atoms with Crippen LogP contribution in [0.3, 0.4) is 0 Å². The standard InChI is InChI=1S/C25H25N3O5S/c29-24-17-22(25(30)27-10-8-19(9-11-27)18-4-2-1-3-5-18)21-16-20(6-7-23(21)26-24)34(31,32)28-12-14-33-15-13-28/h1-8,16-17H,9-15H2,(H,26,29). The van der Waals surface area contributed by atoms with Crippen molar-refractivity contribution in [1.82, 2.24) is 14.2 Å². The molecule has 1 N–H and O–H groups in total. The molecule has 0 bridgehead atoms. The van der Waals surface area contributed by atoms with Crippen molar-refractivity contribution in [2.45, 2.75) is 11.3 Å². The average Bonchev–Trinajstić information content (AvgIpc) is 2.88. The molecule has 0 aliphatic carbocycles. The van der Waals surface area contributed by atoms with E-state index in [0.29, 0.717) is 43.6 Å². The molecule has 3 heterocycles. The second-order valence-corrected chi connectivity index (χ2v) is 10.3. The summed E-state index contributed by atoms with van der Waals surface area (Å²) in [6, 6.07) is 15.8. The Bertz CT molecular complexity index is 1420. The second-order valence-electron chi connectivity index (χ2n) is 8.37. The lowest BCUT2D eigenvalue weighted by Gasteiger charge is -2.27. The lowest BCUT2D eigenvalue weighted by atomic mass is 9.99. The lowest BCUT2D eigenvalue weighted by Crippen LogP contribution is -2.40. The molecule has 1 aromatic heterocycles. The van der Waals surface area contributed by atoms with Gasteiger partial charge in [-0.1, -0.05) is 36.4 Å². The number of pyridine rings is 1. The number of aromatic nitrogens is 1. The van der Waals surface area contributed by atoms with E-state index in [0.717, 1.165) is 5.56 Å². The minimum absolute atomic E-state index is 0.0907. The topological polar surface area (TPSA) is 99.8 Å². The Morgan fingerprint density at radius 2 is 1.74 bits per heavy atom. The number of morpholine rings is 1. The number of nitrogens with zero attached hydrogens (tertiary/aromatic N) is 2. The van der Waals surface area contributed by atoms with Gasteiger partial charge in [0.05, 0.1) is 23.7 Å². The van der Waals surface area contributed by atoms with Crippen LogP contribution in [0.15, 0.2) is 70.4 Å². The van der Waals surface area contributed by atoms with Crippen molar-refractivity contribution >= 4 is 32.4 Å². The monoisotopic (exact) mass is 479 g/mol. The lowest BCUT2D eigenvalue weighted by molar-refractivity contribution is 0.0730. The number of carbonyl (C=O) groups is 1. The summed E-state index contributed by atoms with van der Waals surface area (Å²) < 4.78 is 32.9. The summed E-state index contributed by atoms with van der Waals surface area (Å²) in [7, 11) is -3.74. The summed E-state index contributed by atoms with van der Waals surface area (Å²) in [4.78, 5) is 30.2. The van der Waals surface area contributed by atoms with Gasteiger partial charge >= 0.3 is 0 Å². The van der Waals surface area contributed by atoms with E-state index < -0.39 is 15.6 Å². The first kappa shape index (κ1) is 22.5. The number of carbonyl (C=O) groups excluding carboxylic acids is 1. The first-order chi connectivity index (χ1) is 16.4. The number of H-pyrrole nitrogens is 1. The van der Waals surface area contributed by atoms with E-state index in [1.807, 2.05) is 36.4 Å². The Morgan fingerprint density at radius 3 is 2.44 bits per heavy atom. The molecule has 1 saturated heterocycles. The van der Waals surface area contributed by atoms with E-state index in [1.54, 1.807) is 11.0 Å². The fourth-order valence-corrected chi connectivity index (χ4v) is 5.88. The Kier molecular flexibility index (Phi) is 6.07. The number of fused-ring (bicyclic) bond motifs is 1. The van der Waals surface area contributed by atoms with Gasteiger partial charge in [-0.15, -0.1) is 0 Å². The molecule has 0 spiro atoms.